The van der Waals surface area contributed by atoms with E-state index >= 15 is 0 Å². The number of hydrogen-bond donors (Lipinski definition) is 2. The lowest BCUT2D eigenvalue weighted by atomic mass is 10.2. The van der Waals surface area contributed by atoms with Crippen LogP contribution in [0.5, 0.6) is 5.75 Å². The van der Waals surface area contributed by atoms with Crippen LogP contribution in [0, 0.1) is 5.82 Å². The lowest BCUT2D eigenvalue weighted by Gasteiger charge is -2.15. The fourth-order valence-corrected chi connectivity index (χ4v) is 2.21. The van der Waals surface area contributed by atoms with E-state index in [0.29, 0.717) is 11.3 Å². The van der Waals surface area contributed by atoms with Crippen molar-refractivity contribution in [1.29, 1.82) is 0 Å². The van der Waals surface area contributed by atoms with Crippen molar-refractivity contribution in [2.75, 3.05) is 6.26 Å². The molecule has 0 aliphatic carbocycles. The molecule has 0 spiro atoms. The van der Waals surface area contributed by atoms with Crippen LogP contribution >= 0.6 is 11.8 Å². The molecule has 126 valence electrons. The summed E-state index contributed by atoms with van der Waals surface area (Å²) in [7, 11) is 0. The largest absolute Gasteiger partial charge is 0.481 e. The molecule has 2 rings (SSSR count). The number of carbonyl (C=O) groups excluding carboxylic acids is 2. The fourth-order valence-electron chi connectivity index (χ4n) is 1.81. The van der Waals surface area contributed by atoms with Crippen molar-refractivity contribution in [3.05, 3.63) is 59.9 Å². The standard InChI is InChI=1S/C17H17FN2O3S/c1-11(23-14-7-5-13(18)6-8-14)16(21)19-20-17(22)12-3-9-15(24-2)10-4-12/h3-11H,1-2H3,(H,19,21)(H,20,22)/t11-/m1/s1. The van der Waals surface area contributed by atoms with E-state index in [1.54, 1.807) is 23.9 Å². The molecular formula is C17H17FN2O3S. The van der Waals surface area contributed by atoms with Crippen molar-refractivity contribution in [3.63, 3.8) is 0 Å². The van der Waals surface area contributed by atoms with Gasteiger partial charge >= 0.3 is 0 Å². The van der Waals surface area contributed by atoms with Gasteiger partial charge in [-0.25, -0.2) is 4.39 Å². The van der Waals surface area contributed by atoms with Crippen molar-refractivity contribution in [2.24, 2.45) is 0 Å². The Balaban J connectivity index is 1.84. The summed E-state index contributed by atoms with van der Waals surface area (Å²) >= 11 is 1.57. The van der Waals surface area contributed by atoms with Gasteiger partial charge in [0.1, 0.15) is 11.6 Å². The third-order valence-corrected chi connectivity index (χ3v) is 3.89. The quantitative estimate of drug-likeness (QED) is 0.644. The molecule has 0 aromatic heterocycles. The topological polar surface area (TPSA) is 67.4 Å². The Kier molecular flexibility index (Phi) is 6.20. The number of amides is 2. The van der Waals surface area contributed by atoms with Gasteiger partial charge in [-0.15, -0.1) is 11.8 Å². The lowest BCUT2D eigenvalue weighted by Crippen LogP contribution is -2.47. The summed E-state index contributed by atoms with van der Waals surface area (Å²) in [6, 6.07) is 12.3. The zero-order chi connectivity index (χ0) is 17.5. The highest BCUT2D eigenvalue weighted by molar-refractivity contribution is 7.98. The van der Waals surface area contributed by atoms with E-state index in [1.165, 1.54) is 31.2 Å². The number of ether oxygens (including phenoxy) is 1. The van der Waals surface area contributed by atoms with Crippen LogP contribution in [0.4, 0.5) is 4.39 Å². The van der Waals surface area contributed by atoms with Gasteiger partial charge in [0.25, 0.3) is 11.8 Å². The summed E-state index contributed by atoms with van der Waals surface area (Å²) in [4.78, 5) is 24.9. The summed E-state index contributed by atoms with van der Waals surface area (Å²) in [6.07, 6.45) is 1.09. The Morgan fingerprint density at radius 2 is 1.67 bits per heavy atom. The van der Waals surface area contributed by atoms with E-state index in [1.807, 2.05) is 18.4 Å². The molecule has 0 fully saturated rings. The van der Waals surface area contributed by atoms with Crippen LogP contribution in [0.1, 0.15) is 17.3 Å². The molecule has 0 bridgehead atoms. The molecule has 2 aromatic rings. The molecule has 0 radical (unpaired) electrons. The van der Waals surface area contributed by atoms with Gasteiger partial charge < -0.3 is 4.74 Å². The van der Waals surface area contributed by atoms with Gasteiger partial charge in [0.2, 0.25) is 0 Å². The SMILES string of the molecule is CSc1ccc(C(=O)NNC(=O)[C@@H](C)Oc2ccc(F)cc2)cc1. The minimum atomic E-state index is -0.852. The number of hydrogen-bond acceptors (Lipinski definition) is 4. The van der Waals surface area contributed by atoms with Crippen molar-refractivity contribution >= 4 is 23.6 Å². The van der Waals surface area contributed by atoms with Crippen LogP contribution in [-0.4, -0.2) is 24.2 Å². The first-order chi connectivity index (χ1) is 11.5. The maximum Gasteiger partial charge on any atom is 0.279 e. The Labute approximate surface area is 143 Å². The van der Waals surface area contributed by atoms with Crippen LogP contribution in [-0.2, 0) is 4.79 Å². The second kappa shape index (κ2) is 8.35. The number of halogens is 1. The molecule has 0 heterocycles. The van der Waals surface area contributed by atoms with Gasteiger partial charge in [-0.05, 0) is 61.7 Å². The van der Waals surface area contributed by atoms with Crippen LogP contribution in [0.3, 0.4) is 0 Å². The van der Waals surface area contributed by atoms with E-state index < -0.39 is 17.9 Å². The fraction of sp³-hybridized carbons (Fsp3) is 0.176. The molecule has 2 amide bonds. The summed E-state index contributed by atoms with van der Waals surface area (Å²) < 4.78 is 18.2. The molecule has 0 aliphatic rings. The summed E-state index contributed by atoms with van der Waals surface area (Å²) in [5.41, 5.74) is 5.06. The molecule has 0 aliphatic heterocycles. The molecule has 24 heavy (non-hydrogen) atoms. The number of nitrogens with one attached hydrogen (secondary N) is 2. The van der Waals surface area contributed by atoms with Gasteiger partial charge in [-0.1, -0.05) is 0 Å². The van der Waals surface area contributed by atoms with Crippen LogP contribution in [0.25, 0.3) is 0 Å². The van der Waals surface area contributed by atoms with Crippen molar-refractivity contribution in [1.82, 2.24) is 10.9 Å². The first-order valence-electron chi connectivity index (χ1n) is 7.16. The van der Waals surface area contributed by atoms with E-state index in [2.05, 4.69) is 10.9 Å². The Morgan fingerprint density at radius 3 is 2.25 bits per heavy atom. The zero-order valence-electron chi connectivity index (χ0n) is 13.2. The Morgan fingerprint density at radius 1 is 1.04 bits per heavy atom. The predicted molar refractivity (Wildman–Crippen MR) is 90.3 cm³/mol. The minimum Gasteiger partial charge on any atom is -0.481 e. The molecule has 1 atom stereocenters. The zero-order valence-corrected chi connectivity index (χ0v) is 14.0. The van der Waals surface area contributed by atoms with Gasteiger partial charge in [-0.2, -0.15) is 0 Å². The molecule has 5 nitrogen and oxygen atoms in total. The highest BCUT2D eigenvalue weighted by Gasteiger charge is 2.16. The minimum absolute atomic E-state index is 0.359. The maximum absolute atomic E-state index is 12.8. The molecule has 2 aromatic carbocycles. The maximum atomic E-state index is 12.8. The van der Waals surface area contributed by atoms with Gasteiger partial charge in [0.15, 0.2) is 6.10 Å². The second-order valence-corrected chi connectivity index (χ2v) is 5.77. The molecule has 0 unspecified atom stereocenters. The van der Waals surface area contributed by atoms with Gasteiger partial charge in [0, 0.05) is 10.5 Å². The predicted octanol–water partition coefficient (Wildman–Crippen LogP) is 2.78. The average Bonchev–Trinajstić information content (AvgIpc) is 2.61. The van der Waals surface area contributed by atoms with Gasteiger partial charge in [-0.3, -0.25) is 20.4 Å². The number of thioether (sulfide) groups is 1. The van der Waals surface area contributed by atoms with Crippen molar-refractivity contribution in [2.45, 2.75) is 17.9 Å². The van der Waals surface area contributed by atoms with E-state index in [-0.39, 0.29) is 5.82 Å². The van der Waals surface area contributed by atoms with Crippen molar-refractivity contribution < 1.29 is 18.7 Å². The van der Waals surface area contributed by atoms with Gasteiger partial charge in [0.05, 0.1) is 0 Å². The summed E-state index contributed by atoms with van der Waals surface area (Å²) in [6.45, 7) is 1.53. The van der Waals surface area contributed by atoms with E-state index in [0.717, 1.165) is 4.90 Å². The van der Waals surface area contributed by atoms with E-state index in [9.17, 15) is 14.0 Å². The summed E-state index contributed by atoms with van der Waals surface area (Å²) in [5, 5.41) is 0. The average molecular weight is 348 g/mol. The third kappa shape index (κ3) is 4.99. The Hall–Kier alpha value is -2.54. The summed E-state index contributed by atoms with van der Waals surface area (Å²) in [5.74, 6) is -0.976. The lowest BCUT2D eigenvalue weighted by molar-refractivity contribution is -0.128. The van der Waals surface area contributed by atoms with Crippen LogP contribution < -0.4 is 15.6 Å². The highest BCUT2D eigenvalue weighted by Crippen LogP contribution is 2.15. The Bertz CT molecular complexity index is 705. The normalized spacial score (nSPS) is 11.5. The number of rotatable bonds is 5. The first kappa shape index (κ1) is 17.8. The number of hydrazine groups is 1. The highest BCUT2D eigenvalue weighted by atomic mass is 32.2. The second-order valence-electron chi connectivity index (χ2n) is 4.89. The number of carbonyl (C=O) groups is 2. The van der Waals surface area contributed by atoms with Crippen molar-refractivity contribution in [3.8, 4) is 5.75 Å². The monoisotopic (exact) mass is 348 g/mol. The third-order valence-electron chi connectivity index (χ3n) is 3.15. The van der Waals surface area contributed by atoms with E-state index in [4.69, 9.17) is 4.74 Å². The number of benzene rings is 2. The first-order valence-corrected chi connectivity index (χ1v) is 8.38. The molecule has 2 N–H and O–H groups in total. The molecule has 7 heteroatoms. The van der Waals surface area contributed by atoms with Crippen LogP contribution in [0.15, 0.2) is 53.4 Å². The molecule has 0 saturated carbocycles. The smallest absolute Gasteiger partial charge is 0.279 e. The molecule has 0 saturated heterocycles. The van der Waals surface area contributed by atoms with Crippen LogP contribution in [0.2, 0.25) is 0 Å². The molecular weight excluding hydrogens is 331 g/mol.